The number of halogens is 1. The highest BCUT2D eigenvalue weighted by Crippen LogP contribution is 2.21. The van der Waals surface area contributed by atoms with Crippen LogP contribution in [-0.4, -0.2) is 47.5 Å². The molecule has 6 heteroatoms. The predicted octanol–water partition coefficient (Wildman–Crippen LogP) is 2.03. The van der Waals surface area contributed by atoms with Crippen LogP contribution in [0, 0.1) is 0 Å². The maximum absolute atomic E-state index is 11.9. The zero-order valence-electron chi connectivity index (χ0n) is 11.6. The van der Waals surface area contributed by atoms with Crippen molar-refractivity contribution in [3.63, 3.8) is 0 Å². The van der Waals surface area contributed by atoms with Gasteiger partial charge in [0.25, 0.3) is 0 Å². The van der Waals surface area contributed by atoms with Crippen LogP contribution in [0.3, 0.4) is 0 Å². The van der Waals surface area contributed by atoms with Gasteiger partial charge in [-0.1, -0.05) is 13.8 Å². The number of hydrogen-bond acceptors (Lipinski definition) is 4. The van der Waals surface area contributed by atoms with Gasteiger partial charge in [-0.15, -0.1) is 0 Å². The number of anilines is 1. The maximum atomic E-state index is 11.9. The molecular weight excluding hydrogens is 308 g/mol. The second-order valence-corrected chi connectivity index (χ2v) is 5.96. The predicted molar refractivity (Wildman–Crippen MR) is 78.3 cm³/mol. The van der Waals surface area contributed by atoms with Crippen molar-refractivity contribution in [2.24, 2.45) is 0 Å². The first-order valence-corrected chi connectivity index (χ1v) is 7.30. The molecule has 0 bridgehead atoms. The Morgan fingerprint density at radius 3 is 2.74 bits per heavy atom. The first-order valence-electron chi connectivity index (χ1n) is 6.50. The van der Waals surface area contributed by atoms with Crippen LogP contribution in [-0.2, 0) is 4.79 Å². The summed E-state index contributed by atoms with van der Waals surface area (Å²) in [5.41, 5.74) is 0. The normalized spacial score (nSPS) is 17.0. The molecule has 1 aromatic heterocycles. The van der Waals surface area contributed by atoms with E-state index in [1.807, 2.05) is 18.0 Å². The molecule has 1 saturated heterocycles. The molecule has 1 fully saturated rings. The summed E-state index contributed by atoms with van der Waals surface area (Å²) in [6.07, 6.45) is 0.959. The van der Waals surface area contributed by atoms with Crippen molar-refractivity contribution < 1.29 is 4.79 Å². The van der Waals surface area contributed by atoms with Gasteiger partial charge in [0, 0.05) is 32.1 Å². The van der Waals surface area contributed by atoms with E-state index in [0.29, 0.717) is 6.54 Å². The summed E-state index contributed by atoms with van der Waals surface area (Å²) in [4.78, 5) is 24.7. The Labute approximate surface area is 122 Å². The van der Waals surface area contributed by atoms with Crippen LogP contribution < -0.4 is 4.90 Å². The lowest BCUT2D eigenvalue weighted by Gasteiger charge is -2.21. The van der Waals surface area contributed by atoms with E-state index in [4.69, 9.17) is 0 Å². The molecular formula is C13H19BrN4O. The molecule has 19 heavy (non-hydrogen) atoms. The van der Waals surface area contributed by atoms with Crippen LogP contribution in [0.25, 0.3) is 0 Å². The summed E-state index contributed by atoms with van der Waals surface area (Å²) in [5.74, 6) is 2.03. The summed E-state index contributed by atoms with van der Waals surface area (Å²) in [6, 6.07) is 1.88. The molecule has 0 aromatic carbocycles. The van der Waals surface area contributed by atoms with Gasteiger partial charge in [0.05, 0.1) is 6.54 Å². The van der Waals surface area contributed by atoms with Crippen LogP contribution in [0.15, 0.2) is 10.7 Å². The van der Waals surface area contributed by atoms with E-state index >= 15 is 0 Å². The average molecular weight is 327 g/mol. The SMILES string of the molecule is CC(C)c1nc(Br)cc(N2CCCN(C)C(=O)C2)n1. The topological polar surface area (TPSA) is 49.3 Å². The van der Waals surface area contributed by atoms with Gasteiger partial charge in [-0.25, -0.2) is 9.97 Å². The molecule has 0 unspecified atom stereocenters. The third-order valence-electron chi connectivity index (χ3n) is 3.21. The number of carbonyl (C=O) groups is 1. The first kappa shape index (κ1) is 14.2. The van der Waals surface area contributed by atoms with Gasteiger partial charge in [-0.05, 0) is 22.4 Å². The van der Waals surface area contributed by atoms with Crippen molar-refractivity contribution in [2.45, 2.75) is 26.2 Å². The third kappa shape index (κ3) is 3.43. The monoisotopic (exact) mass is 326 g/mol. The Bertz CT molecular complexity index is 478. The highest BCUT2D eigenvalue weighted by atomic mass is 79.9. The molecule has 1 aliphatic rings. The molecule has 104 valence electrons. The molecule has 0 radical (unpaired) electrons. The quantitative estimate of drug-likeness (QED) is 0.780. The van der Waals surface area contributed by atoms with Crippen molar-refractivity contribution in [3.8, 4) is 0 Å². The lowest BCUT2D eigenvalue weighted by atomic mass is 10.2. The number of nitrogens with zero attached hydrogens (tertiary/aromatic N) is 4. The molecule has 0 N–H and O–H groups in total. The number of rotatable bonds is 2. The second-order valence-electron chi connectivity index (χ2n) is 5.15. The van der Waals surface area contributed by atoms with Crippen molar-refractivity contribution >= 4 is 27.7 Å². The van der Waals surface area contributed by atoms with Crippen LogP contribution in [0.2, 0.25) is 0 Å². The van der Waals surface area contributed by atoms with E-state index in [1.54, 1.807) is 4.90 Å². The minimum absolute atomic E-state index is 0.137. The summed E-state index contributed by atoms with van der Waals surface area (Å²) < 4.78 is 0.770. The largest absolute Gasteiger partial charge is 0.347 e. The summed E-state index contributed by atoms with van der Waals surface area (Å²) >= 11 is 3.42. The van der Waals surface area contributed by atoms with Crippen LogP contribution in [0.1, 0.15) is 32.0 Å². The highest BCUT2D eigenvalue weighted by Gasteiger charge is 2.21. The van der Waals surface area contributed by atoms with E-state index in [9.17, 15) is 4.79 Å². The Balaban J connectivity index is 2.27. The lowest BCUT2D eigenvalue weighted by Crippen LogP contribution is -2.34. The number of amides is 1. The molecule has 2 heterocycles. The second kappa shape index (κ2) is 5.86. The summed E-state index contributed by atoms with van der Waals surface area (Å²) in [5, 5.41) is 0. The van der Waals surface area contributed by atoms with Crippen LogP contribution >= 0.6 is 15.9 Å². The van der Waals surface area contributed by atoms with Gasteiger partial charge >= 0.3 is 0 Å². The highest BCUT2D eigenvalue weighted by molar-refractivity contribution is 9.10. The minimum atomic E-state index is 0.137. The molecule has 1 aliphatic heterocycles. The van der Waals surface area contributed by atoms with Crippen molar-refractivity contribution in [3.05, 3.63) is 16.5 Å². The van der Waals surface area contributed by atoms with Gasteiger partial charge in [0.1, 0.15) is 16.2 Å². The fraction of sp³-hybridized carbons (Fsp3) is 0.615. The summed E-state index contributed by atoms with van der Waals surface area (Å²) in [6.45, 7) is 6.16. The molecule has 2 rings (SSSR count). The van der Waals surface area contributed by atoms with E-state index in [0.717, 1.165) is 35.8 Å². The van der Waals surface area contributed by atoms with Crippen LogP contribution in [0.5, 0.6) is 0 Å². The van der Waals surface area contributed by atoms with Gasteiger partial charge in [0.15, 0.2) is 0 Å². The number of carbonyl (C=O) groups excluding carboxylic acids is 1. The van der Waals surface area contributed by atoms with Gasteiger partial charge in [0.2, 0.25) is 5.91 Å². The molecule has 1 amide bonds. The third-order valence-corrected chi connectivity index (χ3v) is 3.62. The Morgan fingerprint density at radius 1 is 1.32 bits per heavy atom. The fourth-order valence-corrected chi connectivity index (χ4v) is 2.41. The zero-order valence-corrected chi connectivity index (χ0v) is 13.1. The molecule has 0 atom stereocenters. The standard InChI is InChI=1S/C13H19BrN4O/c1-9(2)13-15-10(14)7-11(16-13)18-6-4-5-17(3)12(19)8-18/h7,9H,4-6,8H2,1-3H3. The maximum Gasteiger partial charge on any atom is 0.241 e. The molecule has 1 aromatic rings. The first-order chi connectivity index (χ1) is 8.97. The van der Waals surface area contributed by atoms with Crippen molar-refractivity contribution in [1.29, 1.82) is 0 Å². The van der Waals surface area contributed by atoms with Gasteiger partial charge in [-0.3, -0.25) is 4.79 Å². The molecule has 0 saturated carbocycles. The van der Waals surface area contributed by atoms with Crippen LogP contribution in [0.4, 0.5) is 5.82 Å². The Kier molecular flexibility index (Phi) is 4.39. The van der Waals surface area contributed by atoms with Crippen molar-refractivity contribution in [1.82, 2.24) is 14.9 Å². The molecule has 0 spiro atoms. The van der Waals surface area contributed by atoms with E-state index < -0.39 is 0 Å². The molecule has 0 aliphatic carbocycles. The Morgan fingerprint density at radius 2 is 2.05 bits per heavy atom. The zero-order chi connectivity index (χ0) is 14.0. The van der Waals surface area contributed by atoms with E-state index in [-0.39, 0.29) is 11.8 Å². The number of hydrogen-bond donors (Lipinski definition) is 0. The van der Waals surface area contributed by atoms with E-state index in [2.05, 4.69) is 39.7 Å². The lowest BCUT2D eigenvalue weighted by molar-refractivity contribution is -0.127. The average Bonchev–Trinajstić information content (AvgIpc) is 2.51. The number of aromatic nitrogens is 2. The van der Waals surface area contributed by atoms with Gasteiger partial charge < -0.3 is 9.80 Å². The van der Waals surface area contributed by atoms with Crippen molar-refractivity contribution in [2.75, 3.05) is 31.6 Å². The number of likely N-dealkylation sites (N-methyl/N-ethyl adjacent to an activating group) is 1. The fourth-order valence-electron chi connectivity index (χ4n) is 2.03. The summed E-state index contributed by atoms with van der Waals surface area (Å²) in [7, 11) is 1.85. The smallest absolute Gasteiger partial charge is 0.241 e. The Hall–Kier alpha value is -1.17. The minimum Gasteiger partial charge on any atom is -0.347 e. The van der Waals surface area contributed by atoms with Gasteiger partial charge in [-0.2, -0.15) is 0 Å². The molecule has 5 nitrogen and oxygen atoms in total. The van der Waals surface area contributed by atoms with E-state index in [1.165, 1.54) is 0 Å².